The van der Waals surface area contributed by atoms with E-state index in [-0.39, 0.29) is 5.91 Å². The Bertz CT molecular complexity index is 423. The number of benzene rings is 1. The molecule has 0 radical (unpaired) electrons. The van der Waals surface area contributed by atoms with Crippen molar-refractivity contribution < 1.29 is 4.79 Å². The number of anilines is 1. The van der Waals surface area contributed by atoms with Gasteiger partial charge in [0.05, 0.1) is 0 Å². The highest BCUT2D eigenvalue weighted by Crippen LogP contribution is 2.18. The Kier molecular flexibility index (Phi) is 3.87. The molecule has 2 rings (SSSR count). The lowest BCUT2D eigenvalue weighted by atomic mass is 10.1. The summed E-state index contributed by atoms with van der Waals surface area (Å²) in [6.45, 7) is 8.59. The van der Waals surface area contributed by atoms with Gasteiger partial charge >= 0.3 is 0 Å². The van der Waals surface area contributed by atoms with E-state index in [0.717, 1.165) is 31.9 Å². The zero-order chi connectivity index (χ0) is 13.1. The first-order valence-electron chi connectivity index (χ1n) is 6.47. The van der Waals surface area contributed by atoms with Crippen LogP contribution in [-0.4, -0.2) is 43.0 Å². The summed E-state index contributed by atoms with van der Waals surface area (Å²) < 4.78 is 0. The lowest BCUT2D eigenvalue weighted by Crippen LogP contribution is -2.48. The molecule has 1 aromatic carbocycles. The second-order valence-corrected chi connectivity index (χ2v) is 5.03. The highest BCUT2D eigenvalue weighted by atomic mass is 16.1. The Morgan fingerprint density at radius 2 is 1.89 bits per heavy atom. The molecule has 0 spiro atoms. The summed E-state index contributed by atoms with van der Waals surface area (Å²) in [6.07, 6.45) is 0. The molecule has 1 fully saturated rings. The zero-order valence-electron chi connectivity index (χ0n) is 11.1. The van der Waals surface area contributed by atoms with Crippen molar-refractivity contribution in [2.24, 2.45) is 5.73 Å². The average molecular weight is 247 g/mol. The predicted octanol–water partition coefficient (Wildman–Crippen LogP) is 1.32. The van der Waals surface area contributed by atoms with Crippen LogP contribution in [0.2, 0.25) is 0 Å². The van der Waals surface area contributed by atoms with E-state index in [1.165, 1.54) is 0 Å². The van der Waals surface area contributed by atoms with Gasteiger partial charge in [0.15, 0.2) is 0 Å². The minimum atomic E-state index is -0.363. The number of hydrogen-bond acceptors (Lipinski definition) is 3. The third-order valence-corrected chi connectivity index (χ3v) is 3.54. The fourth-order valence-corrected chi connectivity index (χ4v) is 2.35. The summed E-state index contributed by atoms with van der Waals surface area (Å²) in [4.78, 5) is 16.0. The van der Waals surface area contributed by atoms with Crippen LogP contribution < -0.4 is 10.6 Å². The maximum atomic E-state index is 11.2. The molecule has 0 unspecified atom stereocenters. The molecule has 0 aliphatic carbocycles. The second-order valence-electron chi connectivity index (χ2n) is 5.03. The number of nitrogens with two attached hydrogens (primary N) is 1. The van der Waals surface area contributed by atoms with Crippen molar-refractivity contribution in [2.75, 3.05) is 31.1 Å². The second kappa shape index (κ2) is 5.40. The Morgan fingerprint density at radius 1 is 1.22 bits per heavy atom. The fraction of sp³-hybridized carbons (Fsp3) is 0.500. The van der Waals surface area contributed by atoms with Gasteiger partial charge in [-0.05, 0) is 32.0 Å². The van der Waals surface area contributed by atoms with Gasteiger partial charge in [-0.15, -0.1) is 0 Å². The number of rotatable bonds is 3. The van der Waals surface area contributed by atoms with Crippen LogP contribution in [0.5, 0.6) is 0 Å². The molecule has 1 amide bonds. The van der Waals surface area contributed by atoms with Crippen LogP contribution in [0.4, 0.5) is 5.69 Å². The molecule has 0 atom stereocenters. The predicted molar refractivity (Wildman–Crippen MR) is 73.9 cm³/mol. The van der Waals surface area contributed by atoms with Gasteiger partial charge in [-0.25, -0.2) is 0 Å². The Morgan fingerprint density at radius 3 is 2.44 bits per heavy atom. The molecule has 4 nitrogen and oxygen atoms in total. The number of nitrogens with zero attached hydrogens (tertiary/aromatic N) is 2. The van der Waals surface area contributed by atoms with Crippen molar-refractivity contribution in [1.82, 2.24) is 4.90 Å². The van der Waals surface area contributed by atoms with E-state index in [9.17, 15) is 4.79 Å². The molecule has 2 N–H and O–H groups in total. The number of carbonyl (C=O) groups is 1. The van der Waals surface area contributed by atoms with E-state index >= 15 is 0 Å². The smallest absolute Gasteiger partial charge is 0.248 e. The Balaban J connectivity index is 2.05. The van der Waals surface area contributed by atoms with E-state index in [1.807, 2.05) is 18.2 Å². The number of hydrogen-bond donors (Lipinski definition) is 1. The minimum Gasteiger partial charge on any atom is -0.369 e. The molecule has 18 heavy (non-hydrogen) atoms. The van der Waals surface area contributed by atoms with Gasteiger partial charge < -0.3 is 10.6 Å². The normalized spacial score (nSPS) is 17.2. The first kappa shape index (κ1) is 12.9. The first-order chi connectivity index (χ1) is 8.58. The largest absolute Gasteiger partial charge is 0.369 e. The standard InChI is InChI=1S/C14H21N3O/c1-11(2)16-6-8-17(9-7-16)13-5-3-4-12(10-13)14(15)18/h3-5,10-11H,6-9H2,1-2H3,(H2,15,18). The molecule has 1 saturated heterocycles. The molecule has 1 heterocycles. The average Bonchev–Trinajstić information content (AvgIpc) is 2.39. The Labute approximate surface area is 108 Å². The van der Waals surface area contributed by atoms with Crippen molar-refractivity contribution in [3.63, 3.8) is 0 Å². The number of piperazine rings is 1. The molecule has 0 aromatic heterocycles. The summed E-state index contributed by atoms with van der Waals surface area (Å²) in [7, 11) is 0. The zero-order valence-corrected chi connectivity index (χ0v) is 11.1. The number of carbonyl (C=O) groups excluding carboxylic acids is 1. The van der Waals surface area contributed by atoms with Gasteiger partial charge in [-0.1, -0.05) is 6.07 Å². The quantitative estimate of drug-likeness (QED) is 0.876. The van der Waals surface area contributed by atoms with Gasteiger partial charge in [0, 0.05) is 43.5 Å². The van der Waals surface area contributed by atoms with Crippen molar-refractivity contribution in [3.05, 3.63) is 29.8 Å². The van der Waals surface area contributed by atoms with Crippen LogP contribution in [0.25, 0.3) is 0 Å². The summed E-state index contributed by atoms with van der Waals surface area (Å²) in [5.74, 6) is -0.363. The molecule has 4 heteroatoms. The van der Waals surface area contributed by atoms with Crippen LogP contribution in [0.1, 0.15) is 24.2 Å². The third kappa shape index (κ3) is 2.82. The van der Waals surface area contributed by atoms with E-state index in [0.29, 0.717) is 11.6 Å². The van der Waals surface area contributed by atoms with E-state index < -0.39 is 0 Å². The number of primary amides is 1. The van der Waals surface area contributed by atoms with Crippen LogP contribution >= 0.6 is 0 Å². The molecular formula is C14H21N3O. The summed E-state index contributed by atoms with van der Waals surface area (Å²) in [5, 5.41) is 0. The van der Waals surface area contributed by atoms with Crippen molar-refractivity contribution in [3.8, 4) is 0 Å². The van der Waals surface area contributed by atoms with Crippen molar-refractivity contribution in [1.29, 1.82) is 0 Å². The van der Waals surface area contributed by atoms with Crippen LogP contribution in [0, 0.1) is 0 Å². The SMILES string of the molecule is CC(C)N1CCN(c2cccc(C(N)=O)c2)CC1. The molecule has 1 aromatic rings. The van der Waals surface area contributed by atoms with Crippen LogP contribution in [0.3, 0.4) is 0 Å². The van der Waals surface area contributed by atoms with Crippen LogP contribution in [-0.2, 0) is 0 Å². The summed E-state index contributed by atoms with van der Waals surface area (Å²) >= 11 is 0. The van der Waals surface area contributed by atoms with Gasteiger partial charge in [0.1, 0.15) is 0 Å². The topological polar surface area (TPSA) is 49.6 Å². The maximum absolute atomic E-state index is 11.2. The molecule has 0 bridgehead atoms. The fourth-order valence-electron chi connectivity index (χ4n) is 2.35. The van der Waals surface area contributed by atoms with Gasteiger partial charge in [0.25, 0.3) is 0 Å². The lowest BCUT2D eigenvalue weighted by Gasteiger charge is -2.38. The van der Waals surface area contributed by atoms with Gasteiger partial charge in [-0.2, -0.15) is 0 Å². The summed E-state index contributed by atoms with van der Waals surface area (Å²) in [5.41, 5.74) is 6.98. The molecular weight excluding hydrogens is 226 g/mol. The monoisotopic (exact) mass is 247 g/mol. The first-order valence-corrected chi connectivity index (χ1v) is 6.47. The van der Waals surface area contributed by atoms with Crippen molar-refractivity contribution >= 4 is 11.6 Å². The van der Waals surface area contributed by atoms with E-state index in [1.54, 1.807) is 6.07 Å². The Hall–Kier alpha value is -1.55. The number of amides is 1. The van der Waals surface area contributed by atoms with E-state index in [2.05, 4.69) is 23.6 Å². The van der Waals surface area contributed by atoms with E-state index in [4.69, 9.17) is 5.73 Å². The third-order valence-electron chi connectivity index (χ3n) is 3.54. The maximum Gasteiger partial charge on any atom is 0.248 e. The summed E-state index contributed by atoms with van der Waals surface area (Å²) in [6, 6.07) is 8.18. The highest BCUT2D eigenvalue weighted by molar-refractivity contribution is 5.93. The molecule has 0 saturated carbocycles. The van der Waals surface area contributed by atoms with Crippen molar-refractivity contribution in [2.45, 2.75) is 19.9 Å². The molecule has 1 aliphatic rings. The van der Waals surface area contributed by atoms with Gasteiger partial charge in [0.2, 0.25) is 5.91 Å². The lowest BCUT2D eigenvalue weighted by molar-refractivity contribution is 0.100. The minimum absolute atomic E-state index is 0.363. The van der Waals surface area contributed by atoms with Gasteiger partial charge in [-0.3, -0.25) is 9.69 Å². The van der Waals surface area contributed by atoms with Crippen LogP contribution in [0.15, 0.2) is 24.3 Å². The highest BCUT2D eigenvalue weighted by Gasteiger charge is 2.19. The molecule has 98 valence electrons. The molecule has 1 aliphatic heterocycles.